The Labute approximate surface area is 89.8 Å². The summed E-state index contributed by atoms with van der Waals surface area (Å²) in [6.07, 6.45) is 2.60. The van der Waals surface area contributed by atoms with Crippen molar-refractivity contribution < 1.29 is 0 Å². The summed E-state index contributed by atoms with van der Waals surface area (Å²) >= 11 is 5.26. The highest BCUT2D eigenvalue weighted by Crippen LogP contribution is 2.40. The van der Waals surface area contributed by atoms with Crippen LogP contribution < -0.4 is 0 Å². The third-order valence-corrected chi connectivity index (χ3v) is 3.14. The normalized spacial score (nSPS) is 16.3. The topological polar surface area (TPSA) is 28.7 Å². The van der Waals surface area contributed by atoms with Crippen molar-refractivity contribution >= 4 is 12.2 Å². The minimum atomic E-state index is 0.426. The average molecular weight is 208 g/mol. The van der Waals surface area contributed by atoms with E-state index < -0.39 is 0 Å². The first-order valence-electron chi connectivity index (χ1n) is 5.20. The van der Waals surface area contributed by atoms with E-state index in [0.29, 0.717) is 5.92 Å². The maximum Gasteiger partial charge on any atom is 0.132 e. The average Bonchev–Trinajstić information content (AvgIpc) is 2.92. The second kappa shape index (κ2) is 3.46. The van der Waals surface area contributed by atoms with Crippen molar-refractivity contribution in [2.24, 2.45) is 0 Å². The van der Waals surface area contributed by atoms with E-state index in [1.165, 1.54) is 24.1 Å². The second-order valence-corrected chi connectivity index (χ2v) is 4.78. The quantitative estimate of drug-likeness (QED) is 0.754. The van der Waals surface area contributed by atoms with Gasteiger partial charge in [0, 0.05) is 17.2 Å². The Morgan fingerprint density at radius 1 is 1.43 bits per heavy atom. The number of nitrogens with zero attached hydrogens (tertiary/aromatic N) is 1. The lowest BCUT2D eigenvalue weighted by Gasteiger charge is -2.10. The van der Waals surface area contributed by atoms with Crippen LogP contribution in [0.3, 0.4) is 0 Å². The van der Waals surface area contributed by atoms with Gasteiger partial charge in [0.15, 0.2) is 0 Å². The molecule has 0 amide bonds. The van der Waals surface area contributed by atoms with Crippen molar-refractivity contribution in [2.45, 2.75) is 45.4 Å². The minimum Gasteiger partial charge on any atom is -0.346 e. The molecule has 1 aromatic heterocycles. The van der Waals surface area contributed by atoms with E-state index in [4.69, 9.17) is 12.2 Å². The zero-order chi connectivity index (χ0) is 10.3. The number of rotatable bonds is 2. The van der Waals surface area contributed by atoms with Gasteiger partial charge in [-0.05, 0) is 25.7 Å². The summed E-state index contributed by atoms with van der Waals surface area (Å²) in [4.78, 5) is 7.84. The summed E-state index contributed by atoms with van der Waals surface area (Å²) in [5.74, 6) is 2.18. The molecule has 0 unspecified atom stereocenters. The fourth-order valence-electron chi connectivity index (χ4n) is 1.62. The predicted octanol–water partition coefficient (Wildman–Crippen LogP) is 3.45. The van der Waals surface area contributed by atoms with E-state index in [2.05, 4.69) is 30.7 Å². The molecule has 2 rings (SSSR count). The molecule has 0 aliphatic heterocycles. The molecule has 2 nitrogen and oxygen atoms in total. The smallest absolute Gasteiger partial charge is 0.132 e. The van der Waals surface area contributed by atoms with Gasteiger partial charge in [-0.2, -0.15) is 0 Å². The molecule has 0 aromatic carbocycles. The van der Waals surface area contributed by atoms with Crippen molar-refractivity contribution in [1.82, 2.24) is 9.97 Å². The highest BCUT2D eigenvalue weighted by atomic mass is 32.1. The first-order valence-corrected chi connectivity index (χ1v) is 5.61. The van der Waals surface area contributed by atoms with Crippen LogP contribution in [0.2, 0.25) is 0 Å². The summed E-state index contributed by atoms with van der Waals surface area (Å²) in [7, 11) is 0. The molecule has 1 aliphatic carbocycles. The second-order valence-electron chi connectivity index (χ2n) is 4.39. The monoisotopic (exact) mass is 208 g/mol. The SMILES string of the molecule is Cc1c(C2CC2)[nH]c(C(C)C)nc1=S. The van der Waals surface area contributed by atoms with E-state index in [1.807, 2.05) is 0 Å². The lowest BCUT2D eigenvalue weighted by molar-refractivity contribution is 0.748. The summed E-state index contributed by atoms with van der Waals surface area (Å²) < 4.78 is 0.773. The van der Waals surface area contributed by atoms with Crippen LogP contribution in [0.4, 0.5) is 0 Å². The van der Waals surface area contributed by atoms with E-state index in [1.54, 1.807) is 0 Å². The molecule has 0 bridgehead atoms. The lowest BCUT2D eigenvalue weighted by atomic mass is 10.1. The highest BCUT2D eigenvalue weighted by Gasteiger charge is 2.27. The Bertz CT molecular complexity index is 402. The van der Waals surface area contributed by atoms with E-state index in [-0.39, 0.29) is 0 Å². The first-order chi connectivity index (χ1) is 6.59. The van der Waals surface area contributed by atoms with Crippen molar-refractivity contribution in [2.75, 3.05) is 0 Å². The Hall–Kier alpha value is -0.700. The maximum atomic E-state index is 5.26. The highest BCUT2D eigenvalue weighted by molar-refractivity contribution is 7.71. The molecule has 76 valence electrons. The molecule has 1 aromatic rings. The number of H-pyrrole nitrogens is 1. The molecule has 1 aliphatic rings. The van der Waals surface area contributed by atoms with E-state index in [9.17, 15) is 0 Å². The van der Waals surface area contributed by atoms with E-state index in [0.717, 1.165) is 16.4 Å². The summed E-state index contributed by atoms with van der Waals surface area (Å²) in [5.41, 5.74) is 2.50. The molecule has 0 radical (unpaired) electrons. The van der Waals surface area contributed by atoms with Gasteiger partial charge in [0.2, 0.25) is 0 Å². The van der Waals surface area contributed by atoms with Gasteiger partial charge in [-0.3, -0.25) is 0 Å². The molecule has 1 saturated carbocycles. The van der Waals surface area contributed by atoms with Crippen LogP contribution in [0.25, 0.3) is 0 Å². The Balaban J connectivity index is 2.52. The standard InChI is InChI=1S/C11H16N2S/c1-6(2)10-12-9(8-4-5-8)7(3)11(14)13-10/h6,8H,4-5H2,1-3H3,(H,12,13,14). The maximum absolute atomic E-state index is 5.26. The number of hydrogen-bond acceptors (Lipinski definition) is 2. The molecule has 0 spiro atoms. The van der Waals surface area contributed by atoms with Crippen LogP contribution in [0, 0.1) is 11.6 Å². The number of hydrogen-bond donors (Lipinski definition) is 1. The fraction of sp³-hybridized carbons (Fsp3) is 0.636. The van der Waals surface area contributed by atoms with Gasteiger partial charge in [-0.15, -0.1) is 0 Å². The van der Waals surface area contributed by atoms with Crippen molar-refractivity contribution in [3.8, 4) is 0 Å². The van der Waals surface area contributed by atoms with Crippen molar-refractivity contribution in [3.63, 3.8) is 0 Å². The number of aromatic nitrogens is 2. The predicted molar refractivity (Wildman–Crippen MR) is 60.2 cm³/mol. The Morgan fingerprint density at radius 2 is 2.07 bits per heavy atom. The van der Waals surface area contributed by atoms with Crippen LogP contribution in [0.5, 0.6) is 0 Å². The molecule has 1 heterocycles. The van der Waals surface area contributed by atoms with Crippen LogP contribution >= 0.6 is 12.2 Å². The molecule has 0 saturated heterocycles. The zero-order valence-electron chi connectivity index (χ0n) is 8.92. The third-order valence-electron chi connectivity index (χ3n) is 2.74. The largest absolute Gasteiger partial charge is 0.346 e. The van der Waals surface area contributed by atoms with Gasteiger partial charge in [0.1, 0.15) is 10.5 Å². The molecular weight excluding hydrogens is 192 g/mol. The summed E-state index contributed by atoms with van der Waals surface area (Å²) in [6, 6.07) is 0. The van der Waals surface area contributed by atoms with Gasteiger partial charge in [0.05, 0.1) is 0 Å². The minimum absolute atomic E-state index is 0.426. The van der Waals surface area contributed by atoms with Gasteiger partial charge < -0.3 is 4.98 Å². The van der Waals surface area contributed by atoms with E-state index >= 15 is 0 Å². The van der Waals surface area contributed by atoms with Crippen LogP contribution in [0.1, 0.15) is 55.6 Å². The molecule has 14 heavy (non-hydrogen) atoms. The molecule has 1 fully saturated rings. The summed E-state index contributed by atoms with van der Waals surface area (Å²) in [5, 5.41) is 0. The third kappa shape index (κ3) is 1.73. The van der Waals surface area contributed by atoms with Gasteiger partial charge in [0.25, 0.3) is 0 Å². The molecule has 0 atom stereocenters. The molecule has 1 N–H and O–H groups in total. The Morgan fingerprint density at radius 3 is 2.57 bits per heavy atom. The summed E-state index contributed by atoms with van der Waals surface area (Å²) in [6.45, 7) is 6.35. The molecule has 3 heteroatoms. The lowest BCUT2D eigenvalue weighted by Crippen LogP contribution is -2.03. The van der Waals surface area contributed by atoms with Gasteiger partial charge in [-0.1, -0.05) is 26.1 Å². The zero-order valence-corrected chi connectivity index (χ0v) is 9.74. The van der Waals surface area contributed by atoms with Crippen molar-refractivity contribution in [3.05, 3.63) is 21.7 Å². The van der Waals surface area contributed by atoms with Crippen LogP contribution in [-0.4, -0.2) is 9.97 Å². The van der Waals surface area contributed by atoms with Gasteiger partial charge >= 0.3 is 0 Å². The number of aromatic amines is 1. The molecular formula is C11H16N2S. The van der Waals surface area contributed by atoms with Crippen molar-refractivity contribution in [1.29, 1.82) is 0 Å². The van der Waals surface area contributed by atoms with Crippen LogP contribution in [-0.2, 0) is 0 Å². The van der Waals surface area contributed by atoms with Crippen LogP contribution in [0.15, 0.2) is 0 Å². The fourth-order valence-corrected chi connectivity index (χ4v) is 1.83. The first kappa shape index (κ1) is 9.84. The number of nitrogens with one attached hydrogen (secondary N) is 1. The Kier molecular flexibility index (Phi) is 2.43. The van der Waals surface area contributed by atoms with Gasteiger partial charge in [-0.25, -0.2) is 4.98 Å².